The Morgan fingerprint density at radius 2 is 1.95 bits per heavy atom. The summed E-state index contributed by atoms with van der Waals surface area (Å²) in [5.41, 5.74) is 7.11. The number of methoxy groups -OCH3 is 1. The Hall–Kier alpha value is -2.23. The van der Waals surface area contributed by atoms with Gasteiger partial charge in [-0.15, -0.1) is 0 Å². The van der Waals surface area contributed by atoms with Crippen LogP contribution in [0.4, 0.5) is 4.79 Å². The van der Waals surface area contributed by atoms with Gasteiger partial charge in [-0.25, -0.2) is 10.2 Å². The van der Waals surface area contributed by atoms with E-state index in [-0.39, 0.29) is 0 Å². The first kappa shape index (κ1) is 13.2. The number of aryl methyl sites for hydroxylation is 1. The average molecular weight is 258 g/mol. The van der Waals surface area contributed by atoms with E-state index in [4.69, 9.17) is 0 Å². The number of benzene rings is 1. The molecule has 0 fully saturated rings. The second-order valence-electron chi connectivity index (χ2n) is 4.51. The van der Waals surface area contributed by atoms with Gasteiger partial charge < -0.3 is 4.74 Å². The van der Waals surface area contributed by atoms with Crippen LogP contribution in [-0.4, -0.2) is 17.9 Å². The number of nitrogens with zero attached hydrogens (tertiary/aromatic N) is 1. The molecule has 0 spiro atoms. The molecule has 2 rings (SSSR count). The Labute approximate surface area is 113 Å². The van der Waals surface area contributed by atoms with E-state index in [0.717, 1.165) is 23.4 Å². The molecule has 1 amide bonds. The van der Waals surface area contributed by atoms with Gasteiger partial charge in [0.25, 0.3) is 0 Å². The third kappa shape index (κ3) is 2.96. The van der Waals surface area contributed by atoms with Crippen molar-refractivity contribution in [1.82, 2.24) is 4.68 Å². The predicted octanol–water partition coefficient (Wildman–Crippen LogP) is 3.01. The standard InChI is InChI=1S/C15H18N2O2/c1-11-9-14(10-13-7-5-4-6-8-13)17(12(11)2)16-15(18)19-3/h4-9H,10H2,1-3H3,(H,16,18). The molecule has 0 unspecified atom stereocenters. The minimum atomic E-state index is -0.465. The smallest absolute Gasteiger partial charge is 0.426 e. The fraction of sp³-hybridized carbons (Fsp3) is 0.267. The van der Waals surface area contributed by atoms with Crippen LogP contribution < -0.4 is 5.43 Å². The summed E-state index contributed by atoms with van der Waals surface area (Å²) in [7, 11) is 1.36. The third-order valence-corrected chi connectivity index (χ3v) is 3.19. The predicted molar refractivity (Wildman–Crippen MR) is 74.9 cm³/mol. The van der Waals surface area contributed by atoms with Crippen LogP contribution in [0.1, 0.15) is 22.5 Å². The van der Waals surface area contributed by atoms with Crippen molar-refractivity contribution >= 4 is 6.09 Å². The summed E-state index contributed by atoms with van der Waals surface area (Å²) in [4.78, 5) is 11.4. The van der Waals surface area contributed by atoms with E-state index in [1.807, 2.05) is 32.0 Å². The largest absolute Gasteiger partial charge is 0.452 e. The zero-order valence-corrected chi connectivity index (χ0v) is 11.4. The van der Waals surface area contributed by atoms with Crippen LogP contribution in [0.25, 0.3) is 0 Å². The lowest BCUT2D eigenvalue weighted by Gasteiger charge is -2.12. The first-order chi connectivity index (χ1) is 9.11. The van der Waals surface area contributed by atoms with Gasteiger partial charge in [0.2, 0.25) is 0 Å². The minimum absolute atomic E-state index is 0.465. The SMILES string of the molecule is COC(=O)Nn1c(Cc2ccccc2)cc(C)c1C. The fourth-order valence-corrected chi connectivity index (χ4v) is 2.04. The molecule has 0 saturated heterocycles. The lowest BCUT2D eigenvalue weighted by molar-refractivity contribution is 0.183. The van der Waals surface area contributed by atoms with E-state index in [2.05, 4.69) is 28.4 Å². The van der Waals surface area contributed by atoms with Crippen molar-refractivity contribution in [3.63, 3.8) is 0 Å². The van der Waals surface area contributed by atoms with Crippen LogP contribution in [0.2, 0.25) is 0 Å². The summed E-state index contributed by atoms with van der Waals surface area (Å²) in [6.07, 6.45) is 0.299. The van der Waals surface area contributed by atoms with Gasteiger partial charge in [-0.1, -0.05) is 30.3 Å². The highest BCUT2D eigenvalue weighted by atomic mass is 16.5. The number of ether oxygens (including phenoxy) is 1. The summed E-state index contributed by atoms with van der Waals surface area (Å²) in [6.45, 7) is 4.00. The summed E-state index contributed by atoms with van der Waals surface area (Å²) < 4.78 is 6.44. The van der Waals surface area contributed by atoms with Gasteiger partial charge in [-0.2, -0.15) is 0 Å². The molecule has 4 nitrogen and oxygen atoms in total. The van der Waals surface area contributed by atoms with E-state index < -0.39 is 6.09 Å². The third-order valence-electron chi connectivity index (χ3n) is 3.19. The Morgan fingerprint density at radius 1 is 1.26 bits per heavy atom. The molecular weight excluding hydrogens is 240 g/mol. The van der Waals surface area contributed by atoms with Crippen molar-refractivity contribution in [2.75, 3.05) is 12.5 Å². The van der Waals surface area contributed by atoms with E-state index in [0.29, 0.717) is 0 Å². The van der Waals surface area contributed by atoms with E-state index >= 15 is 0 Å². The van der Waals surface area contributed by atoms with Crippen molar-refractivity contribution in [2.24, 2.45) is 0 Å². The van der Waals surface area contributed by atoms with Crippen LogP contribution in [0, 0.1) is 13.8 Å². The molecule has 2 aromatic rings. The quantitative estimate of drug-likeness (QED) is 0.919. The molecule has 0 bridgehead atoms. The molecule has 4 heteroatoms. The van der Waals surface area contributed by atoms with Crippen LogP contribution >= 0.6 is 0 Å². The molecule has 0 atom stereocenters. The molecular formula is C15H18N2O2. The fourth-order valence-electron chi connectivity index (χ4n) is 2.04. The topological polar surface area (TPSA) is 43.3 Å². The highest BCUT2D eigenvalue weighted by Crippen LogP contribution is 2.16. The Morgan fingerprint density at radius 3 is 2.58 bits per heavy atom. The number of hydrogen-bond donors (Lipinski definition) is 1. The monoisotopic (exact) mass is 258 g/mol. The molecule has 0 aliphatic rings. The zero-order valence-electron chi connectivity index (χ0n) is 11.4. The number of hydrogen-bond acceptors (Lipinski definition) is 2. The van der Waals surface area contributed by atoms with Crippen molar-refractivity contribution in [1.29, 1.82) is 0 Å². The van der Waals surface area contributed by atoms with Gasteiger partial charge in [-0.3, -0.25) is 4.68 Å². The summed E-state index contributed by atoms with van der Waals surface area (Å²) in [5.74, 6) is 0. The van der Waals surface area contributed by atoms with E-state index in [1.165, 1.54) is 12.7 Å². The van der Waals surface area contributed by atoms with Gasteiger partial charge in [-0.05, 0) is 31.0 Å². The lowest BCUT2D eigenvalue weighted by Crippen LogP contribution is -2.25. The second-order valence-corrected chi connectivity index (χ2v) is 4.51. The van der Waals surface area contributed by atoms with Crippen LogP contribution in [-0.2, 0) is 11.2 Å². The maximum absolute atomic E-state index is 11.4. The highest BCUT2D eigenvalue weighted by Gasteiger charge is 2.12. The first-order valence-electron chi connectivity index (χ1n) is 6.18. The maximum Gasteiger partial charge on any atom is 0.426 e. The van der Waals surface area contributed by atoms with Crippen molar-refractivity contribution in [3.05, 3.63) is 58.9 Å². The van der Waals surface area contributed by atoms with Crippen LogP contribution in [0.5, 0.6) is 0 Å². The van der Waals surface area contributed by atoms with Crippen molar-refractivity contribution in [3.8, 4) is 0 Å². The van der Waals surface area contributed by atoms with Crippen molar-refractivity contribution in [2.45, 2.75) is 20.3 Å². The van der Waals surface area contributed by atoms with Gasteiger partial charge in [0.1, 0.15) is 0 Å². The Kier molecular flexibility index (Phi) is 3.90. The number of aromatic nitrogens is 1. The first-order valence-corrected chi connectivity index (χ1v) is 6.18. The van der Waals surface area contributed by atoms with Gasteiger partial charge >= 0.3 is 6.09 Å². The molecule has 1 aromatic carbocycles. The molecule has 19 heavy (non-hydrogen) atoms. The van der Waals surface area contributed by atoms with Gasteiger partial charge in [0.15, 0.2) is 0 Å². The molecule has 0 aliphatic heterocycles. The number of carbonyl (C=O) groups is 1. The molecule has 1 aromatic heterocycles. The minimum Gasteiger partial charge on any atom is -0.452 e. The Bertz CT molecular complexity index is 573. The van der Waals surface area contributed by atoms with Crippen LogP contribution in [0.15, 0.2) is 36.4 Å². The summed E-state index contributed by atoms with van der Waals surface area (Å²) >= 11 is 0. The normalized spacial score (nSPS) is 10.3. The average Bonchev–Trinajstić information content (AvgIpc) is 2.67. The number of carbonyl (C=O) groups excluding carboxylic acids is 1. The van der Waals surface area contributed by atoms with E-state index in [1.54, 1.807) is 4.68 Å². The maximum atomic E-state index is 11.4. The van der Waals surface area contributed by atoms with Gasteiger partial charge in [0, 0.05) is 17.8 Å². The second kappa shape index (κ2) is 5.61. The highest BCUT2D eigenvalue weighted by molar-refractivity contribution is 5.76. The molecule has 1 heterocycles. The van der Waals surface area contributed by atoms with Crippen LogP contribution in [0.3, 0.4) is 0 Å². The lowest BCUT2D eigenvalue weighted by atomic mass is 10.1. The number of nitrogens with one attached hydrogen (secondary N) is 1. The molecule has 1 N–H and O–H groups in total. The van der Waals surface area contributed by atoms with Crippen molar-refractivity contribution < 1.29 is 9.53 Å². The zero-order chi connectivity index (χ0) is 13.8. The summed E-state index contributed by atoms with van der Waals surface area (Å²) in [5, 5.41) is 0. The summed E-state index contributed by atoms with van der Waals surface area (Å²) in [6, 6.07) is 12.2. The number of amides is 1. The van der Waals surface area contributed by atoms with E-state index in [9.17, 15) is 4.79 Å². The Balaban J connectivity index is 2.29. The molecule has 0 saturated carbocycles. The molecule has 0 aliphatic carbocycles. The molecule has 0 radical (unpaired) electrons. The number of rotatable bonds is 3. The molecule has 100 valence electrons. The van der Waals surface area contributed by atoms with Gasteiger partial charge in [0.05, 0.1) is 7.11 Å².